The number of thioether (sulfide) groups is 1. The second-order valence-electron chi connectivity index (χ2n) is 10.2. The van der Waals surface area contributed by atoms with E-state index in [1.54, 1.807) is 0 Å². The van der Waals surface area contributed by atoms with Gasteiger partial charge in [0.05, 0.1) is 12.4 Å². The minimum absolute atomic E-state index is 0.315. The second kappa shape index (κ2) is 7.97. The zero-order valence-corrected chi connectivity index (χ0v) is 21.9. The maximum Gasteiger partial charge on any atom is 0.203 e. The predicted molar refractivity (Wildman–Crippen MR) is 153 cm³/mol. The largest absolute Gasteiger partial charge is 0.309 e. The molecule has 0 spiro atoms. The van der Waals surface area contributed by atoms with Crippen molar-refractivity contribution in [2.75, 3.05) is 7.05 Å². The Hall–Kier alpha value is -3.56. The van der Waals surface area contributed by atoms with Crippen molar-refractivity contribution in [3.05, 3.63) is 119 Å². The molecule has 0 amide bonds. The lowest BCUT2D eigenvalue weighted by molar-refractivity contribution is -0.424. The summed E-state index contributed by atoms with van der Waals surface area (Å²) in [6.07, 6.45) is 4.62. The van der Waals surface area contributed by atoms with Gasteiger partial charge in [-0.1, -0.05) is 48.0 Å². The van der Waals surface area contributed by atoms with Crippen LogP contribution < -0.4 is 0 Å². The van der Waals surface area contributed by atoms with Crippen LogP contribution in [0.4, 0.5) is 0 Å². The smallest absolute Gasteiger partial charge is 0.203 e. The first-order valence-corrected chi connectivity index (χ1v) is 13.5. The standard InChI is InChI=1S/C33H29N2S/c1-20-17-21(2)22(3)27(18-20)32-33-26(15-16-34(32)4)28-19-23(13-14-31(28)36-33)35-29-11-7-5-9-24(29)25-10-6-8-12-30(25)35/h5-19,26,33H,1-4H3/q+1/i11D. The molecule has 2 nitrogen and oxygen atoms in total. The predicted octanol–water partition coefficient (Wildman–Crippen LogP) is 7.93. The van der Waals surface area contributed by atoms with Crippen LogP contribution in [0.2, 0.25) is 0 Å². The third-order valence-corrected chi connectivity index (χ3v) is 9.33. The lowest BCUT2D eigenvalue weighted by atomic mass is 9.86. The van der Waals surface area contributed by atoms with Crippen molar-refractivity contribution in [1.29, 1.82) is 0 Å². The molecule has 2 atom stereocenters. The molecule has 0 saturated heterocycles. The highest BCUT2D eigenvalue weighted by Crippen LogP contribution is 2.50. The summed E-state index contributed by atoms with van der Waals surface area (Å²) >= 11 is 1.99. The van der Waals surface area contributed by atoms with E-state index in [9.17, 15) is 0 Å². The maximum atomic E-state index is 8.74. The highest BCUT2D eigenvalue weighted by molar-refractivity contribution is 8.01. The van der Waals surface area contributed by atoms with Crippen LogP contribution in [0.3, 0.4) is 0 Å². The van der Waals surface area contributed by atoms with E-state index in [1.807, 2.05) is 23.9 Å². The zero-order chi connectivity index (χ0) is 25.4. The summed E-state index contributed by atoms with van der Waals surface area (Å²) in [5.41, 5.74) is 11.4. The van der Waals surface area contributed by atoms with Crippen LogP contribution in [0.15, 0.2) is 96.0 Å². The van der Waals surface area contributed by atoms with Crippen LogP contribution >= 0.6 is 11.8 Å². The number of aromatic nitrogens is 1. The molecule has 2 aliphatic rings. The van der Waals surface area contributed by atoms with E-state index in [0.29, 0.717) is 17.2 Å². The molecule has 36 heavy (non-hydrogen) atoms. The highest BCUT2D eigenvalue weighted by atomic mass is 32.2. The summed E-state index contributed by atoms with van der Waals surface area (Å²) in [6, 6.07) is 26.6. The van der Waals surface area contributed by atoms with Crippen molar-refractivity contribution >= 4 is 39.3 Å². The van der Waals surface area contributed by atoms with Gasteiger partial charge in [-0.15, -0.1) is 11.8 Å². The van der Waals surface area contributed by atoms with Crippen molar-refractivity contribution in [1.82, 2.24) is 4.57 Å². The van der Waals surface area contributed by atoms with Crippen LogP contribution in [0.1, 0.15) is 35.1 Å². The fraction of sp³-hybridized carbons (Fsp3) is 0.182. The van der Waals surface area contributed by atoms with Crippen molar-refractivity contribution in [3.63, 3.8) is 0 Å². The molecule has 0 aliphatic carbocycles. The Kier molecular flexibility index (Phi) is 4.57. The molecule has 3 heteroatoms. The molecule has 2 aliphatic heterocycles. The van der Waals surface area contributed by atoms with Crippen LogP contribution in [0.5, 0.6) is 0 Å². The Morgan fingerprint density at radius 1 is 0.889 bits per heavy atom. The Morgan fingerprint density at radius 3 is 2.53 bits per heavy atom. The number of nitrogens with zero attached hydrogens (tertiary/aromatic N) is 2. The third-order valence-electron chi connectivity index (χ3n) is 7.94. The minimum Gasteiger partial charge on any atom is -0.309 e. The first kappa shape index (κ1) is 20.6. The lowest BCUT2D eigenvalue weighted by Crippen LogP contribution is -2.32. The number of aryl methyl sites for hydroxylation is 2. The molecule has 3 heterocycles. The zero-order valence-electron chi connectivity index (χ0n) is 22.0. The van der Waals surface area contributed by atoms with Gasteiger partial charge in [-0.05, 0) is 79.9 Å². The van der Waals surface area contributed by atoms with Crippen LogP contribution in [0, 0.1) is 20.8 Å². The van der Waals surface area contributed by atoms with Gasteiger partial charge in [-0.25, -0.2) is 4.58 Å². The van der Waals surface area contributed by atoms with E-state index < -0.39 is 0 Å². The van der Waals surface area contributed by atoms with Gasteiger partial charge < -0.3 is 4.57 Å². The van der Waals surface area contributed by atoms with Gasteiger partial charge in [-0.2, -0.15) is 0 Å². The fourth-order valence-corrected chi connectivity index (χ4v) is 7.65. The summed E-state index contributed by atoms with van der Waals surface area (Å²) < 4.78 is 13.3. The SMILES string of the molecule is [2H]c1cccc2c3ccccc3n(-c3ccc4c(c3)C3C=C[N+](C)=C(c5cc(C)cc(C)c5C)C3S4)c12. The molecular weight excluding hydrogens is 456 g/mol. The topological polar surface area (TPSA) is 7.94 Å². The third kappa shape index (κ3) is 3.09. The van der Waals surface area contributed by atoms with Gasteiger partial charge in [-0.3, -0.25) is 0 Å². The van der Waals surface area contributed by atoms with Gasteiger partial charge in [0.1, 0.15) is 12.3 Å². The summed E-state index contributed by atoms with van der Waals surface area (Å²) in [4.78, 5) is 1.35. The van der Waals surface area contributed by atoms with Gasteiger partial charge in [0.15, 0.2) is 6.20 Å². The molecule has 0 N–H and O–H groups in total. The summed E-state index contributed by atoms with van der Waals surface area (Å²) in [5.74, 6) is 0.315. The van der Waals surface area contributed by atoms with Crippen LogP contribution in [-0.2, 0) is 0 Å². The average molecular weight is 487 g/mol. The van der Waals surface area contributed by atoms with E-state index >= 15 is 0 Å². The molecular formula is C33H29N2S+. The Balaban J connectivity index is 1.39. The van der Waals surface area contributed by atoms with E-state index in [0.717, 1.165) is 22.1 Å². The monoisotopic (exact) mass is 486 g/mol. The van der Waals surface area contributed by atoms with Crippen molar-refractivity contribution in [2.24, 2.45) is 0 Å². The van der Waals surface area contributed by atoms with Gasteiger partial charge in [0.25, 0.3) is 0 Å². The van der Waals surface area contributed by atoms with Crippen molar-refractivity contribution in [2.45, 2.75) is 36.8 Å². The number of fused-ring (bicyclic) bond motifs is 6. The molecule has 1 aromatic heterocycles. The first-order valence-electron chi connectivity index (χ1n) is 13.1. The van der Waals surface area contributed by atoms with Gasteiger partial charge in [0.2, 0.25) is 5.71 Å². The van der Waals surface area contributed by atoms with Crippen molar-refractivity contribution in [3.8, 4) is 5.69 Å². The van der Waals surface area contributed by atoms with Crippen LogP contribution in [-0.4, -0.2) is 27.2 Å². The van der Waals surface area contributed by atoms with E-state index in [-0.39, 0.29) is 0 Å². The summed E-state index contributed by atoms with van der Waals surface area (Å²) in [5, 5.41) is 2.67. The Morgan fingerprint density at radius 2 is 1.67 bits per heavy atom. The number of allylic oxidation sites excluding steroid dienone is 1. The Bertz CT molecular complexity index is 1820. The normalized spacial score (nSPS) is 19.2. The molecule has 0 saturated carbocycles. The summed E-state index contributed by atoms with van der Waals surface area (Å²) in [6.45, 7) is 6.67. The average Bonchev–Trinajstić information content (AvgIpc) is 3.42. The molecule has 0 bridgehead atoms. The lowest BCUT2D eigenvalue weighted by Gasteiger charge is -2.22. The van der Waals surface area contributed by atoms with Gasteiger partial charge in [0, 0.05) is 32.8 Å². The molecule has 4 aromatic carbocycles. The molecule has 0 fully saturated rings. The quantitative estimate of drug-likeness (QED) is 0.230. The Labute approximate surface area is 218 Å². The fourth-order valence-electron chi connectivity index (χ4n) is 6.11. The second-order valence-corrected chi connectivity index (χ2v) is 11.3. The van der Waals surface area contributed by atoms with Gasteiger partial charge >= 0.3 is 0 Å². The molecule has 176 valence electrons. The number of hydrogen-bond donors (Lipinski definition) is 0. The van der Waals surface area contributed by atoms with E-state index in [4.69, 9.17) is 1.37 Å². The molecule has 5 aromatic rings. The molecule has 7 rings (SSSR count). The number of para-hydroxylation sites is 2. The molecule has 2 unspecified atom stereocenters. The van der Waals surface area contributed by atoms with E-state index in [2.05, 4.69) is 110 Å². The van der Waals surface area contributed by atoms with Crippen LogP contribution in [0.25, 0.3) is 27.5 Å². The number of rotatable bonds is 2. The molecule has 0 radical (unpaired) electrons. The summed E-state index contributed by atoms with van der Waals surface area (Å²) in [7, 11) is 2.18. The number of hydrogen-bond acceptors (Lipinski definition) is 1. The van der Waals surface area contributed by atoms with Crippen molar-refractivity contribution < 1.29 is 5.95 Å². The first-order chi connectivity index (χ1) is 17.9. The minimum atomic E-state index is 0.315. The highest BCUT2D eigenvalue weighted by Gasteiger charge is 2.43. The van der Waals surface area contributed by atoms with E-state index in [1.165, 1.54) is 43.8 Å². The maximum absolute atomic E-state index is 8.74. The number of benzene rings is 4.